The van der Waals surface area contributed by atoms with Gasteiger partial charge in [-0.25, -0.2) is 0 Å². The van der Waals surface area contributed by atoms with Gasteiger partial charge in [-0.2, -0.15) is 0 Å². The van der Waals surface area contributed by atoms with E-state index >= 15 is 0 Å². The third-order valence-corrected chi connectivity index (χ3v) is 3.74. The molecule has 1 amide bonds. The Morgan fingerprint density at radius 3 is 2.56 bits per heavy atom. The minimum Gasteiger partial charge on any atom is -0.489 e. The topological polar surface area (TPSA) is 102 Å². The van der Waals surface area contributed by atoms with Gasteiger partial charge in [-0.15, -0.1) is 0 Å². The maximum atomic E-state index is 11.8. The smallest absolute Gasteiger partial charge is 0.303 e. The largest absolute Gasteiger partial charge is 0.489 e. The highest BCUT2D eigenvalue weighted by molar-refractivity contribution is 5.78. The second-order valence-electron chi connectivity index (χ2n) is 5.76. The average molecular weight is 346 g/mol. The normalized spacial score (nSPS) is 10.5. The van der Waals surface area contributed by atoms with Crippen LogP contribution in [0.5, 0.6) is 5.75 Å². The Morgan fingerprint density at radius 2 is 1.96 bits per heavy atom. The maximum absolute atomic E-state index is 11.8. The first-order valence-electron chi connectivity index (χ1n) is 8.07. The zero-order valence-corrected chi connectivity index (χ0v) is 14.4. The zero-order chi connectivity index (χ0) is 18.2. The molecular weight excluding hydrogens is 324 g/mol. The van der Waals surface area contributed by atoms with E-state index in [0.717, 1.165) is 22.6 Å². The number of carbonyl (C=O) groups excluding carboxylic acids is 1. The molecule has 0 atom stereocenters. The highest BCUT2D eigenvalue weighted by Crippen LogP contribution is 2.18. The molecule has 1 heterocycles. The molecule has 2 rings (SSSR count). The molecule has 0 radical (unpaired) electrons. The van der Waals surface area contributed by atoms with Crippen LogP contribution in [0.25, 0.3) is 0 Å². The van der Waals surface area contributed by atoms with Crippen molar-refractivity contribution in [1.29, 1.82) is 0 Å². The number of rotatable bonds is 9. The molecule has 2 N–H and O–H groups in total. The first-order valence-corrected chi connectivity index (χ1v) is 8.07. The summed E-state index contributed by atoms with van der Waals surface area (Å²) in [4.78, 5) is 22.2. The van der Waals surface area contributed by atoms with Crippen molar-refractivity contribution >= 4 is 11.9 Å². The van der Waals surface area contributed by atoms with Crippen LogP contribution in [0.3, 0.4) is 0 Å². The number of aromatic nitrogens is 1. The fraction of sp³-hybridized carbons (Fsp3) is 0.389. The Morgan fingerprint density at radius 1 is 1.24 bits per heavy atom. The lowest BCUT2D eigenvalue weighted by Crippen LogP contribution is -2.26. The summed E-state index contributed by atoms with van der Waals surface area (Å²) in [5.41, 5.74) is 2.61. The van der Waals surface area contributed by atoms with Crippen molar-refractivity contribution in [3.63, 3.8) is 0 Å². The van der Waals surface area contributed by atoms with Crippen LogP contribution in [0.2, 0.25) is 0 Å². The van der Waals surface area contributed by atoms with Crippen molar-refractivity contribution in [2.75, 3.05) is 6.54 Å². The van der Waals surface area contributed by atoms with Gasteiger partial charge in [0, 0.05) is 13.0 Å². The van der Waals surface area contributed by atoms with E-state index in [9.17, 15) is 9.59 Å². The van der Waals surface area contributed by atoms with Crippen LogP contribution in [-0.2, 0) is 22.6 Å². The van der Waals surface area contributed by atoms with Gasteiger partial charge in [-0.1, -0.05) is 17.3 Å². The molecule has 0 unspecified atom stereocenters. The van der Waals surface area contributed by atoms with Crippen molar-refractivity contribution in [3.05, 3.63) is 46.8 Å². The van der Waals surface area contributed by atoms with E-state index in [1.54, 1.807) is 0 Å². The van der Waals surface area contributed by atoms with Crippen LogP contribution in [0.15, 0.2) is 28.8 Å². The fourth-order valence-electron chi connectivity index (χ4n) is 2.28. The van der Waals surface area contributed by atoms with Gasteiger partial charge < -0.3 is 19.7 Å². The summed E-state index contributed by atoms with van der Waals surface area (Å²) in [6.45, 7) is 4.46. The third-order valence-electron chi connectivity index (χ3n) is 3.74. The predicted octanol–water partition coefficient (Wildman–Crippen LogP) is 2.39. The number of hydrogen-bond donors (Lipinski definition) is 2. The first kappa shape index (κ1) is 18.5. The number of carboxylic acids is 1. The standard InChI is InChI=1S/C18H22N2O5/c1-12-16(13(2)25-20-12)11-24-15-7-5-14(6-8-15)10-17(21)19-9-3-4-18(22)23/h5-8H,3-4,9-11H2,1-2H3,(H,19,21)(H,22,23). The van der Waals surface area contributed by atoms with Crippen molar-refractivity contribution in [1.82, 2.24) is 10.5 Å². The number of hydrogen-bond acceptors (Lipinski definition) is 5. The summed E-state index contributed by atoms with van der Waals surface area (Å²) in [7, 11) is 0. The highest BCUT2D eigenvalue weighted by atomic mass is 16.5. The number of benzene rings is 1. The summed E-state index contributed by atoms with van der Waals surface area (Å²) >= 11 is 0. The summed E-state index contributed by atoms with van der Waals surface area (Å²) in [5.74, 6) is 0.454. The molecule has 0 aliphatic carbocycles. The predicted molar refractivity (Wildman–Crippen MR) is 90.3 cm³/mol. The van der Waals surface area contributed by atoms with Crippen LogP contribution in [0.4, 0.5) is 0 Å². The van der Waals surface area contributed by atoms with Crippen molar-refractivity contribution in [2.24, 2.45) is 0 Å². The maximum Gasteiger partial charge on any atom is 0.303 e. The Labute approximate surface area is 146 Å². The highest BCUT2D eigenvalue weighted by Gasteiger charge is 2.10. The SMILES string of the molecule is Cc1noc(C)c1COc1ccc(CC(=O)NCCCC(=O)O)cc1. The lowest BCUT2D eigenvalue weighted by molar-refractivity contribution is -0.137. The number of aryl methyl sites for hydroxylation is 2. The first-order chi connectivity index (χ1) is 12.0. The van der Waals surface area contributed by atoms with Gasteiger partial charge in [0.1, 0.15) is 18.1 Å². The lowest BCUT2D eigenvalue weighted by Gasteiger charge is -2.08. The molecule has 0 fully saturated rings. The van der Waals surface area contributed by atoms with Gasteiger partial charge in [-0.3, -0.25) is 9.59 Å². The molecule has 1 aromatic carbocycles. The molecule has 0 aliphatic rings. The minimum atomic E-state index is -0.860. The van der Waals surface area contributed by atoms with Crippen LogP contribution < -0.4 is 10.1 Å². The number of aliphatic carboxylic acids is 1. The summed E-state index contributed by atoms with van der Waals surface area (Å²) in [5, 5.41) is 15.1. The van der Waals surface area contributed by atoms with Crippen LogP contribution in [0.1, 0.15) is 35.4 Å². The number of ether oxygens (including phenoxy) is 1. The number of carbonyl (C=O) groups is 2. The second-order valence-corrected chi connectivity index (χ2v) is 5.76. The lowest BCUT2D eigenvalue weighted by atomic mass is 10.1. The molecule has 0 spiro atoms. The number of amides is 1. The van der Waals surface area contributed by atoms with E-state index < -0.39 is 5.97 Å². The van der Waals surface area contributed by atoms with Gasteiger partial charge in [0.25, 0.3) is 0 Å². The molecular formula is C18H22N2O5. The fourth-order valence-corrected chi connectivity index (χ4v) is 2.28. The second kappa shape index (κ2) is 8.86. The third kappa shape index (κ3) is 5.95. The molecule has 0 bridgehead atoms. The number of nitrogens with zero attached hydrogens (tertiary/aromatic N) is 1. The average Bonchev–Trinajstić information content (AvgIpc) is 2.89. The molecule has 134 valence electrons. The number of carboxylic acid groups (broad SMARTS) is 1. The van der Waals surface area contributed by atoms with Crippen molar-refractivity contribution in [3.8, 4) is 5.75 Å². The van der Waals surface area contributed by atoms with Crippen molar-refractivity contribution in [2.45, 2.75) is 39.7 Å². The molecule has 7 nitrogen and oxygen atoms in total. The quantitative estimate of drug-likeness (QED) is 0.676. The van der Waals surface area contributed by atoms with E-state index in [-0.39, 0.29) is 18.7 Å². The van der Waals surface area contributed by atoms with E-state index in [4.69, 9.17) is 14.4 Å². The van der Waals surface area contributed by atoms with E-state index in [1.165, 1.54) is 0 Å². The van der Waals surface area contributed by atoms with E-state index in [0.29, 0.717) is 25.3 Å². The Bertz CT molecular complexity index is 702. The monoisotopic (exact) mass is 346 g/mol. The minimum absolute atomic E-state index is 0.0530. The Kier molecular flexibility index (Phi) is 6.56. The Hall–Kier alpha value is -2.83. The van der Waals surface area contributed by atoms with E-state index in [2.05, 4.69) is 10.5 Å². The molecule has 2 aromatic rings. The van der Waals surface area contributed by atoms with Crippen molar-refractivity contribution < 1.29 is 24.0 Å². The summed E-state index contributed by atoms with van der Waals surface area (Å²) in [6, 6.07) is 7.29. The molecule has 0 saturated heterocycles. The van der Waals surface area contributed by atoms with Gasteiger partial charge >= 0.3 is 5.97 Å². The molecule has 0 saturated carbocycles. The van der Waals surface area contributed by atoms with Crippen LogP contribution >= 0.6 is 0 Å². The Balaban J connectivity index is 1.77. The molecule has 1 aromatic heterocycles. The number of nitrogens with one attached hydrogen (secondary N) is 1. The van der Waals surface area contributed by atoms with Gasteiger partial charge in [0.05, 0.1) is 17.7 Å². The van der Waals surface area contributed by atoms with Crippen LogP contribution in [-0.4, -0.2) is 28.7 Å². The molecule has 25 heavy (non-hydrogen) atoms. The molecule has 7 heteroatoms. The zero-order valence-electron chi connectivity index (χ0n) is 14.4. The molecule has 0 aliphatic heterocycles. The van der Waals surface area contributed by atoms with Gasteiger partial charge in [0.15, 0.2) is 0 Å². The van der Waals surface area contributed by atoms with Crippen LogP contribution in [0, 0.1) is 13.8 Å². The summed E-state index contributed by atoms with van der Waals surface area (Å²) in [6.07, 6.45) is 0.726. The van der Waals surface area contributed by atoms with Gasteiger partial charge in [-0.05, 0) is 38.0 Å². The van der Waals surface area contributed by atoms with E-state index in [1.807, 2.05) is 38.1 Å². The van der Waals surface area contributed by atoms with Gasteiger partial charge in [0.2, 0.25) is 5.91 Å². The summed E-state index contributed by atoms with van der Waals surface area (Å²) < 4.78 is 10.8.